The maximum absolute atomic E-state index is 13.1. The van der Waals surface area contributed by atoms with Crippen molar-refractivity contribution in [2.24, 2.45) is 5.41 Å². The van der Waals surface area contributed by atoms with Gasteiger partial charge in [0.05, 0.1) is 5.41 Å². The number of nitrogens with one attached hydrogen (secondary N) is 1. The first-order valence-corrected chi connectivity index (χ1v) is 6.11. The van der Waals surface area contributed by atoms with Crippen molar-refractivity contribution in [1.82, 2.24) is 15.2 Å². The molecule has 4 heteroatoms. The molecule has 0 radical (unpaired) electrons. The van der Waals surface area contributed by atoms with Crippen molar-refractivity contribution in [1.29, 1.82) is 0 Å². The summed E-state index contributed by atoms with van der Waals surface area (Å²) in [5.41, 5.74) is 1.03. The minimum absolute atomic E-state index is 0.111. The topological polar surface area (TPSA) is 41.6 Å². The van der Waals surface area contributed by atoms with Gasteiger partial charge in [0, 0.05) is 0 Å². The molecule has 1 heterocycles. The summed E-state index contributed by atoms with van der Waals surface area (Å²) in [5.74, 6) is 1.42. The van der Waals surface area contributed by atoms with Crippen LogP contribution in [0.1, 0.15) is 37.5 Å². The van der Waals surface area contributed by atoms with Crippen LogP contribution in [0, 0.1) is 18.2 Å². The third-order valence-corrected chi connectivity index (χ3v) is 4.05. The number of aromatic nitrogens is 3. The van der Waals surface area contributed by atoms with Crippen molar-refractivity contribution in [3.63, 3.8) is 0 Å². The van der Waals surface area contributed by atoms with Crippen LogP contribution in [0.5, 0.6) is 0 Å². The van der Waals surface area contributed by atoms with Gasteiger partial charge in [-0.05, 0) is 36.5 Å². The smallest absolute Gasteiger partial charge is 0.161 e. The molecule has 1 fully saturated rings. The highest BCUT2D eigenvalue weighted by Gasteiger charge is 2.65. The molecule has 1 aliphatic carbocycles. The van der Waals surface area contributed by atoms with Gasteiger partial charge in [0.25, 0.3) is 0 Å². The van der Waals surface area contributed by atoms with E-state index in [1.807, 2.05) is 19.1 Å². The third-order valence-electron chi connectivity index (χ3n) is 4.05. The number of H-pyrrole nitrogens is 1. The zero-order valence-electron chi connectivity index (χ0n) is 10.8. The zero-order chi connectivity index (χ0) is 13.0. The average molecular weight is 245 g/mol. The van der Waals surface area contributed by atoms with Crippen molar-refractivity contribution in [3.8, 4) is 0 Å². The fourth-order valence-corrected chi connectivity index (χ4v) is 2.89. The van der Waals surface area contributed by atoms with Crippen LogP contribution >= 0.6 is 0 Å². The molecule has 1 N–H and O–H groups in total. The van der Waals surface area contributed by atoms with E-state index >= 15 is 0 Å². The van der Waals surface area contributed by atoms with Crippen molar-refractivity contribution in [2.75, 3.05) is 0 Å². The molecule has 1 atom stereocenters. The van der Waals surface area contributed by atoms with Gasteiger partial charge in [-0.1, -0.05) is 26.0 Å². The SMILES string of the molecule is Cc1nc([C@]2(c3ccc(F)cc3)CC2(C)C)n[nH]1. The van der Waals surface area contributed by atoms with Gasteiger partial charge < -0.3 is 0 Å². The Morgan fingerprint density at radius 3 is 2.28 bits per heavy atom. The van der Waals surface area contributed by atoms with E-state index in [1.165, 1.54) is 12.1 Å². The number of hydrogen-bond donors (Lipinski definition) is 1. The largest absolute Gasteiger partial charge is 0.263 e. The lowest BCUT2D eigenvalue weighted by Crippen LogP contribution is -2.18. The van der Waals surface area contributed by atoms with Crippen LogP contribution in [0.3, 0.4) is 0 Å². The van der Waals surface area contributed by atoms with Crippen molar-refractivity contribution >= 4 is 0 Å². The van der Waals surface area contributed by atoms with Crippen LogP contribution in [0.15, 0.2) is 24.3 Å². The summed E-state index contributed by atoms with van der Waals surface area (Å²) in [6.45, 7) is 6.29. The lowest BCUT2D eigenvalue weighted by Gasteiger charge is -2.17. The summed E-state index contributed by atoms with van der Waals surface area (Å²) in [5, 5.41) is 7.21. The standard InChI is InChI=1S/C14H16FN3/c1-9-16-12(18-17-9)14(8-13(14,2)3)10-4-6-11(15)7-5-10/h4-7H,8H2,1-3H3,(H,16,17,18)/t14-/m1/s1. The molecule has 1 aromatic carbocycles. The number of hydrogen-bond acceptors (Lipinski definition) is 2. The maximum Gasteiger partial charge on any atom is 0.161 e. The summed E-state index contributed by atoms with van der Waals surface area (Å²) in [7, 11) is 0. The van der Waals surface area contributed by atoms with Gasteiger partial charge in [0.1, 0.15) is 11.6 Å². The van der Waals surface area contributed by atoms with Crippen LogP contribution in [-0.2, 0) is 5.41 Å². The van der Waals surface area contributed by atoms with E-state index in [2.05, 4.69) is 29.0 Å². The fraction of sp³-hybridized carbons (Fsp3) is 0.429. The molecule has 0 bridgehead atoms. The van der Waals surface area contributed by atoms with Gasteiger partial charge >= 0.3 is 0 Å². The Balaban J connectivity index is 2.12. The Labute approximate surface area is 105 Å². The fourth-order valence-electron chi connectivity index (χ4n) is 2.89. The lowest BCUT2D eigenvalue weighted by molar-refractivity contribution is 0.531. The minimum Gasteiger partial charge on any atom is -0.263 e. The number of halogens is 1. The number of aromatic amines is 1. The van der Waals surface area contributed by atoms with Crippen molar-refractivity contribution in [2.45, 2.75) is 32.6 Å². The van der Waals surface area contributed by atoms with Gasteiger partial charge in [-0.2, -0.15) is 5.10 Å². The molecule has 0 spiro atoms. The molecule has 18 heavy (non-hydrogen) atoms. The van der Waals surface area contributed by atoms with Crippen LogP contribution in [0.2, 0.25) is 0 Å². The minimum atomic E-state index is -0.210. The molecule has 1 saturated carbocycles. The Morgan fingerprint density at radius 2 is 1.83 bits per heavy atom. The van der Waals surface area contributed by atoms with Gasteiger partial charge in [0.15, 0.2) is 5.82 Å². The summed E-state index contributed by atoms with van der Waals surface area (Å²) >= 11 is 0. The second kappa shape index (κ2) is 3.40. The van der Waals surface area contributed by atoms with Crippen LogP contribution in [-0.4, -0.2) is 15.2 Å². The Morgan fingerprint density at radius 1 is 1.22 bits per heavy atom. The van der Waals surface area contributed by atoms with E-state index in [-0.39, 0.29) is 16.6 Å². The van der Waals surface area contributed by atoms with Crippen LogP contribution in [0.4, 0.5) is 4.39 Å². The highest BCUT2D eigenvalue weighted by atomic mass is 19.1. The van der Waals surface area contributed by atoms with Gasteiger partial charge in [-0.25, -0.2) is 9.37 Å². The van der Waals surface area contributed by atoms with Gasteiger partial charge in [-0.3, -0.25) is 5.10 Å². The monoisotopic (exact) mass is 245 g/mol. The van der Waals surface area contributed by atoms with Crippen molar-refractivity contribution in [3.05, 3.63) is 47.3 Å². The Bertz CT molecular complexity index is 585. The second-order valence-electron chi connectivity index (χ2n) is 5.72. The maximum atomic E-state index is 13.1. The quantitative estimate of drug-likeness (QED) is 0.883. The average Bonchev–Trinajstić information content (AvgIpc) is 2.68. The molecule has 0 unspecified atom stereocenters. The van der Waals surface area contributed by atoms with Gasteiger partial charge in [-0.15, -0.1) is 0 Å². The second-order valence-corrected chi connectivity index (χ2v) is 5.72. The van der Waals surface area contributed by atoms with E-state index < -0.39 is 0 Å². The molecule has 1 aliphatic rings. The Hall–Kier alpha value is -1.71. The highest BCUT2D eigenvalue weighted by Crippen LogP contribution is 2.66. The first-order valence-electron chi connectivity index (χ1n) is 6.11. The molecular formula is C14H16FN3. The first-order chi connectivity index (χ1) is 8.46. The van der Waals surface area contributed by atoms with Gasteiger partial charge in [0.2, 0.25) is 0 Å². The highest BCUT2D eigenvalue weighted by molar-refractivity contribution is 5.44. The molecular weight excluding hydrogens is 229 g/mol. The molecule has 1 aromatic heterocycles. The first kappa shape index (κ1) is 11.4. The van der Waals surface area contributed by atoms with E-state index in [0.29, 0.717) is 0 Å². The van der Waals surface area contributed by atoms with E-state index in [4.69, 9.17) is 0 Å². The number of rotatable bonds is 2. The van der Waals surface area contributed by atoms with Crippen LogP contribution in [0.25, 0.3) is 0 Å². The zero-order valence-corrected chi connectivity index (χ0v) is 10.8. The number of benzene rings is 1. The van der Waals surface area contributed by atoms with E-state index in [0.717, 1.165) is 23.6 Å². The summed E-state index contributed by atoms with van der Waals surface area (Å²) in [6, 6.07) is 6.70. The summed E-state index contributed by atoms with van der Waals surface area (Å²) in [6.07, 6.45) is 0.989. The molecule has 94 valence electrons. The molecule has 0 saturated heterocycles. The van der Waals surface area contributed by atoms with Crippen LogP contribution < -0.4 is 0 Å². The molecule has 3 rings (SSSR count). The Kier molecular flexibility index (Phi) is 2.15. The third kappa shape index (κ3) is 1.41. The van der Waals surface area contributed by atoms with E-state index in [9.17, 15) is 4.39 Å². The molecule has 0 aliphatic heterocycles. The normalized spacial score (nSPS) is 25.1. The lowest BCUT2D eigenvalue weighted by atomic mass is 9.87. The summed E-state index contributed by atoms with van der Waals surface area (Å²) in [4.78, 5) is 4.48. The molecule has 0 amide bonds. The molecule has 2 aromatic rings. The predicted octanol–water partition coefficient (Wildman–Crippen LogP) is 2.97. The summed E-state index contributed by atoms with van der Waals surface area (Å²) < 4.78 is 13.1. The van der Waals surface area contributed by atoms with Crippen molar-refractivity contribution < 1.29 is 4.39 Å². The number of aryl methyl sites for hydroxylation is 1. The number of nitrogens with zero attached hydrogens (tertiary/aromatic N) is 2. The molecule has 3 nitrogen and oxygen atoms in total. The predicted molar refractivity (Wildman–Crippen MR) is 66.7 cm³/mol. The van der Waals surface area contributed by atoms with E-state index in [1.54, 1.807) is 0 Å².